The van der Waals surface area contributed by atoms with Crippen molar-refractivity contribution in [2.24, 2.45) is 0 Å². The van der Waals surface area contributed by atoms with Gasteiger partial charge in [0, 0.05) is 44.6 Å². The summed E-state index contributed by atoms with van der Waals surface area (Å²) in [5, 5.41) is 13.5. The Hall–Kier alpha value is -1.97. The Balaban J connectivity index is 1.67. The molecule has 1 aliphatic heterocycles. The van der Waals surface area contributed by atoms with Gasteiger partial charge in [-0.05, 0) is 29.3 Å². The van der Waals surface area contributed by atoms with Crippen molar-refractivity contribution in [3.8, 4) is 6.07 Å². The van der Waals surface area contributed by atoms with E-state index < -0.39 is 0 Å². The minimum Gasteiger partial charge on any atom is -0.352 e. The molecule has 0 radical (unpaired) electrons. The number of nitriles is 1. The molecule has 0 spiro atoms. The van der Waals surface area contributed by atoms with Gasteiger partial charge < -0.3 is 4.90 Å². The molecular weight excluding hydrogens is 282 g/mol. The second kappa shape index (κ2) is 6.20. The van der Waals surface area contributed by atoms with Crippen LogP contribution >= 0.6 is 11.3 Å². The highest BCUT2D eigenvalue weighted by atomic mass is 32.1. The van der Waals surface area contributed by atoms with E-state index in [1.807, 2.05) is 0 Å². The first kappa shape index (κ1) is 14.0. The normalized spacial score (nSPS) is 17.4. The molecular formula is C15H17N5S. The average molecular weight is 299 g/mol. The van der Waals surface area contributed by atoms with Gasteiger partial charge in [-0.15, -0.1) is 0 Å². The Kier molecular flexibility index (Phi) is 4.13. The predicted molar refractivity (Wildman–Crippen MR) is 83.3 cm³/mol. The van der Waals surface area contributed by atoms with E-state index in [0.29, 0.717) is 17.6 Å². The van der Waals surface area contributed by atoms with Crippen LogP contribution in [0.25, 0.3) is 0 Å². The van der Waals surface area contributed by atoms with Crippen molar-refractivity contribution >= 4 is 17.2 Å². The number of nitrogens with zero attached hydrogens (tertiary/aromatic N) is 5. The fraction of sp³-hybridized carbons (Fsp3) is 0.400. The highest BCUT2D eigenvalue weighted by Gasteiger charge is 2.24. The Morgan fingerprint density at radius 2 is 2.00 bits per heavy atom. The van der Waals surface area contributed by atoms with E-state index in [1.165, 1.54) is 5.56 Å². The van der Waals surface area contributed by atoms with Gasteiger partial charge in [-0.2, -0.15) is 16.6 Å². The second-order valence-electron chi connectivity index (χ2n) is 5.10. The van der Waals surface area contributed by atoms with Crippen LogP contribution in [0, 0.1) is 11.3 Å². The van der Waals surface area contributed by atoms with Gasteiger partial charge in [0.25, 0.3) is 0 Å². The van der Waals surface area contributed by atoms with Crippen molar-refractivity contribution in [2.75, 3.05) is 31.1 Å². The van der Waals surface area contributed by atoms with Crippen LogP contribution in [-0.2, 0) is 0 Å². The van der Waals surface area contributed by atoms with Crippen LogP contribution in [-0.4, -0.2) is 41.0 Å². The van der Waals surface area contributed by atoms with Crippen LogP contribution in [0.1, 0.15) is 24.2 Å². The maximum Gasteiger partial charge on any atom is 0.183 e. The van der Waals surface area contributed by atoms with Crippen molar-refractivity contribution < 1.29 is 0 Å². The first-order valence-corrected chi connectivity index (χ1v) is 7.96. The van der Waals surface area contributed by atoms with E-state index in [9.17, 15) is 0 Å². The molecule has 21 heavy (non-hydrogen) atoms. The molecule has 1 fully saturated rings. The summed E-state index contributed by atoms with van der Waals surface area (Å²) in [6.45, 7) is 5.95. The Morgan fingerprint density at radius 1 is 1.24 bits per heavy atom. The standard InChI is InChI=1S/C15H17N5S/c1-12(13-2-9-21-11-13)19-5-7-20(8-6-19)15-14(10-16)17-3-4-18-15/h2-4,9,11-12H,5-8H2,1H3/t12-/m0/s1. The van der Waals surface area contributed by atoms with E-state index in [-0.39, 0.29) is 0 Å². The fourth-order valence-electron chi connectivity index (χ4n) is 2.69. The maximum absolute atomic E-state index is 9.13. The summed E-state index contributed by atoms with van der Waals surface area (Å²) in [4.78, 5) is 13.0. The third-order valence-electron chi connectivity index (χ3n) is 3.97. The topological polar surface area (TPSA) is 56.1 Å². The summed E-state index contributed by atoms with van der Waals surface area (Å²) in [6.07, 6.45) is 3.22. The summed E-state index contributed by atoms with van der Waals surface area (Å²) in [5.74, 6) is 0.711. The maximum atomic E-state index is 9.13. The van der Waals surface area contributed by atoms with Gasteiger partial charge in [0.15, 0.2) is 11.5 Å². The van der Waals surface area contributed by atoms with Crippen molar-refractivity contribution in [2.45, 2.75) is 13.0 Å². The summed E-state index contributed by atoms with van der Waals surface area (Å²) >= 11 is 1.74. The quantitative estimate of drug-likeness (QED) is 0.870. The van der Waals surface area contributed by atoms with Crippen LogP contribution in [0.5, 0.6) is 0 Å². The first-order valence-electron chi connectivity index (χ1n) is 7.02. The molecule has 2 aromatic heterocycles. The number of aromatic nitrogens is 2. The third-order valence-corrected chi connectivity index (χ3v) is 4.67. The van der Waals surface area contributed by atoms with Crippen LogP contribution in [0.2, 0.25) is 0 Å². The summed E-state index contributed by atoms with van der Waals surface area (Å²) in [5.41, 5.74) is 1.79. The van der Waals surface area contributed by atoms with E-state index in [2.05, 4.69) is 49.6 Å². The monoisotopic (exact) mass is 299 g/mol. The lowest BCUT2D eigenvalue weighted by Gasteiger charge is -2.38. The molecule has 0 aromatic carbocycles. The molecule has 1 saturated heterocycles. The molecule has 108 valence electrons. The smallest absolute Gasteiger partial charge is 0.183 e. The highest BCUT2D eigenvalue weighted by Crippen LogP contribution is 2.25. The Bertz CT molecular complexity index is 626. The molecule has 1 aliphatic rings. The van der Waals surface area contributed by atoms with Gasteiger partial charge in [-0.25, -0.2) is 9.97 Å². The summed E-state index contributed by atoms with van der Waals surface area (Å²) in [7, 11) is 0. The predicted octanol–water partition coefficient (Wildman–Crippen LogP) is 2.29. The average Bonchev–Trinajstić information content (AvgIpc) is 3.09. The van der Waals surface area contributed by atoms with Gasteiger partial charge in [0.2, 0.25) is 0 Å². The SMILES string of the molecule is C[C@@H](c1ccsc1)N1CCN(c2nccnc2C#N)CC1. The van der Waals surface area contributed by atoms with Crippen LogP contribution in [0.15, 0.2) is 29.2 Å². The molecule has 3 heterocycles. The van der Waals surface area contributed by atoms with E-state index >= 15 is 0 Å². The van der Waals surface area contributed by atoms with Gasteiger partial charge >= 0.3 is 0 Å². The van der Waals surface area contributed by atoms with E-state index in [1.54, 1.807) is 23.7 Å². The van der Waals surface area contributed by atoms with E-state index in [4.69, 9.17) is 5.26 Å². The molecule has 5 nitrogen and oxygen atoms in total. The summed E-state index contributed by atoms with van der Waals surface area (Å²) in [6, 6.07) is 4.75. The van der Waals surface area contributed by atoms with Crippen molar-refractivity contribution in [3.05, 3.63) is 40.5 Å². The number of hydrogen-bond acceptors (Lipinski definition) is 6. The van der Waals surface area contributed by atoms with Crippen LogP contribution < -0.4 is 4.90 Å². The molecule has 6 heteroatoms. The first-order chi connectivity index (χ1) is 10.3. The molecule has 0 unspecified atom stereocenters. The second-order valence-corrected chi connectivity index (χ2v) is 5.88. The van der Waals surface area contributed by atoms with Gasteiger partial charge in [-0.1, -0.05) is 0 Å². The molecule has 0 bridgehead atoms. The Morgan fingerprint density at radius 3 is 2.67 bits per heavy atom. The molecule has 1 atom stereocenters. The van der Waals surface area contributed by atoms with Crippen molar-refractivity contribution in [1.29, 1.82) is 5.26 Å². The summed E-state index contributed by atoms with van der Waals surface area (Å²) < 4.78 is 0. The van der Waals surface area contributed by atoms with Gasteiger partial charge in [0.05, 0.1) is 0 Å². The molecule has 0 aliphatic carbocycles. The Labute approximate surface area is 128 Å². The lowest BCUT2D eigenvalue weighted by molar-refractivity contribution is 0.198. The molecule has 0 amide bonds. The van der Waals surface area contributed by atoms with Crippen molar-refractivity contribution in [3.63, 3.8) is 0 Å². The largest absolute Gasteiger partial charge is 0.352 e. The van der Waals surface area contributed by atoms with Crippen molar-refractivity contribution in [1.82, 2.24) is 14.9 Å². The lowest BCUT2D eigenvalue weighted by Crippen LogP contribution is -2.47. The minimum atomic E-state index is 0.414. The highest BCUT2D eigenvalue weighted by molar-refractivity contribution is 7.07. The molecule has 2 aromatic rings. The molecule has 3 rings (SSSR count). The number of rotatable bonds is 3. The zero-order valence-electron chi connectivity index (χ0n) is 11.9. The van der Waals surface area contributed by atoms with Crippen LogP contribution in [0.4, 0.5) is 5.82 Å². The van der Waals surface area contributed by atoms with Gasteiger partial charge in [0.1, 0.15) is 6.07 Å². The minimum absolute atomic E-state index is 0.414. The van der Waals surface area contributed by atoms with Gasteiger partial charge in [-0.3, -0.25) is 4.90 Å². The number of piperazine rings is 1. The zero-order chi connectivity index (χ0) is 14.7. The third kappa shape index (κ3) is 2.89. The lowest BCUT2D eigenvalue weighted by atomic mass is 10.1. The fourth-order valence-corrected chi connectivity index (χ4v) is 3.43. The number of thiophene rings is 1. The number of hydrogen-bond donors (Lipinski definition) is 0. The van der Waals surface area contributed by atoms with Crippen LogP contribution in [0.3, 0.4) is 0 Å². The zero-order valence-corrected chi connectivity index (χ0v) is 12.8. The number of anilines is 1. The molecule has 0 saturated carbocycles. The molecule has 0 N–H and O–H groups in total. The van der Waals surface area contributed by atoms with E-state index in [0.717, 1.165) is 26.2 Å².